The molecule has 0 aliphatic heterocycles. The maximum Gasteiger partial charge on any atom is 0.320 e. The van der Waals surface area contributed by atoms with Gasteiger partial charge in [-0.3, -0.25) is 4.79 Å². The summed E-state index contributed by atoms with van der Waals surface area (Å²) < 4.78 is 5.21. The van der Waals surface area contributed by atoms with Crippen LogP contribution in [0.5, 0.6) is 0 Å². The number of carbonyl (C=O) groups is 1. The minimum Gasteiger partial charge on any atom is -0.459 e. The lowest BCUT2D eigenvalue weighted by molar-refractivity contribution is -0.153. The molecule has 0 aliphatic carbocycles. The molecule has 1 N–H and O–H groups in total. The molecule has 0 amide bonds. The van der Waals surface area contributed by atoms with E-state index in [1.165, 1.54) is 11.1 Å². The second-order valence-electron chi connectivity index (χ2n) is 5.36. The van der Waals surface area contributed by atoms with Gasteiger partial charge < -0.3 is 10.1 Å². The van der Waals surface area contributed by atoms with E-state index < -0.39 is 5.60 Å². The van der Waals surface area contributed by atoms with Gasteiger partial charge in [-0.15, -0.1) is 0 Å². The molecule has 0 unspecified atom stereocenters. The van der Waals surface area contributed by atoms with Gasteiger partial charge in [-0.05, 0) is 38.3 Å². The number of ether oxygens (including phenoxy) is 1. The Kier molecular flexibility index (Phi) is 5.35. The normalized spacial score (nSPS) is 11.3. The number of carbonyl (C=O) groups excluding carboxylic acids is 1. The predicted molar refractivity (Wildman–Crippen MR) is 73.4 cm³/mol. The Balaban J connectivity index is 2.30. The molecule has 100 valence electrons. The zero-order valence-electron chi connectivity index (χ0n) is 11.7. The summed E-state index contributed by atoms with van der Waals surface area (Å²) in [7, 11) is 0. The van der Waals surface area contributed by atoms with Crippen LogP contribution in [-0.2, 0) is 22.5 Å². The third kappa shape index (κ3) is 5.82. The molecule has 18 heavy (non-hydrogen) atoms. The molecule has 0 heterocycles. The third-order valence-electron chi connectivity index (χ3n) is 2.45. The fourth-order valence-corrected chi connectivity index (χ4v) is 1.58. The molecule has 0 aromatic heterocycles. The Morgan fingerprint density at radius 1 is 1.17 bits per heavy atom. The standard InChI is InChI=1S/C15H23NO2/c1-5-12-6-8-13(9-7-12)10-16-11-14(17)18-15(2,3)4/h6-9,16H,5,10-11H2,1-4H3. The molecule has 0 aliphatic rings. The predicted octanol–water partition coefficient (Wildman–Crippen LogP) is 2.68. The average molecular weight is 249 g/mol. The smallest absolute Gasteiger partial charge is 0.320 e. The van der Waals surface area contributed by atoms with Gasteiger partial charge in [-0.2, -0.15) is 0 Å². The summed E-state index contributed by atoms with van der Waals surface area (Å²) in [5.41, 5.74) is 2.09. The largest absolute Gasteiger partial charge is 0.459 e. The molecule has 1 aromatic carbocycles. The maximum atomic E-state index is 11.5. The van der Waals surface area contributed by atoms with Gasteiger partial charge in [0.15, 0.2) is 0 Å². The molecule has 0 bridgehead atoms. The van der Waals surface area contributed by atoms with Crippen molar-refractivity contribution in [1.29, 1.82) is 0 Å². The average Bonchev–Trinajstić information content (AvgIpc) is 2.27. The highest BCUT2D eigenvalue weighted by Gasteiger charge is 2.15. The van der Waals surface area contributed by atoms with E-state index in [0.29, 0.717) is 6.54 Å². The zero-order valence-corrected chi connectivity index (χ0v) is 11.7. The van der Waals surface area contributed by atoms with Gasteiger partial charge in [0.25, 0.3) is 0 Å². The van der Waals surface area contributed by atoms with Crippen molar-refractivity contribution in [2.75, 3.05) is 6.54 Å². The Bertz CT molecular complexity index is 376. The first-order chi connectivity index (χ1) is 8.40. The van der Waals surface area contributed by atoms with Crippen LogP contribution in [-0.4, -0.2) is 18.1 Å². The van der Waals surface area contributed by atoms with Crippen LogP contribution >= 0.6 is 0 Å². The maximum absolute atomic E-state index is 11.5. The first-order valence-electron chi connectivity index (χ1n) is 6.41. The lowest BCUT2D eigenvalue weighted by Gasteiger charge is -2.19. The van der Waals surface area contributed by atoms with E-state index in [1.54, 1.807) is 0 Å². The molecule has 0 spiro atoms. The van der Waals surface area contributed by atoms with Gasteiger partial charge in [0.05, 0.1) is 6.54 Å². The minimum absolute atomic E-state index is 0.215. The van der Waals surface area contributed by atoms with Gasteiger partial charge >= 0.3 is 5.97 Å². The third-order valence-corrected chi connectivity index (χ3v) is 2.45. The monoisotopic (exact) mass is 249 g/mol. The minimum atomic E-state index is -0.415. The van der Waals surface area contributed by atoms with Crippen LogP contribution in [0.4, 0.5) is 0 Å². The van der Waals surface area contributed by atoms with Crippen molar-refractivity contribution in [3.63, 3.8) is 0 Å². The molecule has 0 saturated carbocycles. The van der Waals surface area contributed by atoms with Crippen molar-refractivity contribution in [1.82, 2.24) is 5.32 Å². The first kappa shape index (κ1) is 14.7. The van der Waals surface area contributed by atoms with E-state index in [-0.39, 0.29) is 12.5 Å². The SMILES string of the molecule is CCc1ccc(CNCC(=O)OC(C)(C)C)cc1. The molecule has 0 radical (unpaired) electrons. The van der Waals surface area contributed by atoms with Gasteiger partial charge in [0.1, 0.15) is 5.60 Å². The highest BCUT2D eigenvalue weighted by Crippen LogP contribution is 2.07. The number of hydrogen-bond donors (Lipinski definition) is 1. The van der Waals surface area contributed by atoms with Crippen LogP contribution in [0.25, 0.3) is 0 Å². The van der Waals surface area contributed by atoms with E-state index in [9.17, 15) is 4.79 Å². The van der Waals surface area contributed by atoms with Crippen molar-refractivity contribution in [2.24, 2.45) is 0 Å². The fourth-order valence-electron chi connectivity index (χ4n) is 1.58. The Hall–Kier alpha value is -1.35. The molecule has 3 nitrogen and oxygen atoms in total. The van der Waals surface area contributed by atoms with Crippen molar-refractivity contribution in [2.45, 2.75) is 46.3 Å². The van der Waals surface area contributed by atoms with E-state index >= 15 is 0 Å². The summed E-state index contributed by atoms with van der Waals surface area (Å²) in [4.78, 5) is 11.5. The molecule has 3 heteroatoms. The molecule has 1 rings (SSSR count). The topological polar surface area (TPSA) is 38.3 Å². The highest BCUT2D eigenvalue weighted by molar-refractivity contribution is 5.72. The summed E-state index contributed by atoms with van der Waals surface area (Å²) in [5.74, 6) is -0.215. The quantitative estimate of drug-likeness (QED) is 0.815. The Morgan fingerprint density at radius 2 is 1.72 bits per heavy atom. The Labute approximate surface area is 110 Å². The van der Waals surface area contributed by atoms with Crippen molar-refractivity contribution in [3.05, 3.63) is 35.4 Å². The number of hydrogen-bond acceptors (Lipinski definition) is 3. The van der Waals surface area contributed by atoms with Gasteiger partial charge in [-0.25, -0.2) is 0 Å². The second kappa shape index (κ2) is 6.55. The van der Waals surface area contributed by atoms with Crippen LogP contribution in [0.3, 0.4) is 0 Å². The van der Waals surface area contributed by atoms with Gasteiger partial charge in [0.2, 0.25) is 0 Å². The Morgan fingerprint density at radius 3 is 2.22 bits per heavy atom. The number of benzene rings is 1. The van der Waals surface area contributed by atoms with Crippen molar-refractivity contribution in [3.8, 4) is 0 Å². The zero-order chi connectivity index (χ0) is 13.6. The highest BCUT2D eigenvalue weighted by atomic mass is 16.6. The molecule has 0 atom stereocenters. The van der Waals surface area contributed by atoms with Gasteiger partial charge in [0, 0.05) is 6.54 Å². The first-order valence-corrected chi connectivity index (χ1v) is 6.41. The summed E-state index contributed by atoms with van der Waals surface area (Å²) in [6.45, 7) is 8.67. The lowest BCUT2D eigenvalue weighted by Crippen LogP contribution is -2.31. The molecular weight excluding hydrogens is 226 g/mol. The van der Waals surface area contributed by atoms with Crippen molar-refractivity contribution < 1.29 is 9.53 Å². The van der Waals surface area contributed by atoms with E-state index in [1.807, 2.05) is 20.8 Å². The van der Waals surface area contributed by atoms with E-state index in [4.69, 9.17) is 4.74 Å². The van der Waals surface area contributed by atoms with Crippen LogP contribution < -0.4 is 5.32 Å². The summed E-state index contributed by atoms with van der Waals surface area (Å²) in [6, 6.07) is 8.40. The molecule has 0 fully saturated rings. The van der Waals surface area contributed by atoms with Crippen LogP contribution in [0.2, 0.25) is 0 Å². The van der Waals surface area contributed by atoms with E-state index in [2.05, 4.69) is 36.5 Å². The molecule has 1 aromatic rings. The summed E-state index contributed by atoms with van der Waals surface area (Å²) >= 11 is 0. The number of nitrogens with one attached hydrogen (secondary N) is 1. The number of esters is 1. The lowest BCUT2D eigenvalue weighted by atomic mass is 10.1. The van der Waals surface area contributed by atoms with Crippen LogP contribution in [0.1, 0.15) is 38.8 Å². The fraction of sp³-hybridized carbons (Fsp3) is 0.533. The van der Waals surface area contributed by atoms with Crippen LogP contribution in [0.15, 0.2) is 24.3 Å². The van der Waals surface area contributed by atoms with Crippen molar-refractivity contribution >= 4 is 5.97 Å². The van der Waals surface area contributed by atoms with Crippen LogP contribution in [0, 0.1) is 0 Å². The number of rotatable bonds is 5. The summed E-state index contributed by atoms with van der Waals surface area (Å²) in [5, 5.41) is 3.09. The van der Waals surface area contributed by atoms with E-state index in [0.717, 1.165) is 6.42 Å². The summed E-state index contributed by atoms with van der Waals surface area (Å²) in [6.07, 6.45) is 1.05. The van der Waals surface area contributed by atoms with Gasteiger partial charge in [-0.1, -0.05) is 31.2 Å². The second-order valence-corrected chi connectivity index (χ2v) is 5.36. The number of aryl methyl sites for hydroxylation is 1. The molecule has 0 saturated heterocycles. The molecular formula is C15H23NO2.